The molecule has 0 spiro atoms. The van der Waals surface area contributed by atoms with Crippen LogP contribution in [-0.2, 0) is 0 Å². The third-order valence-electron chi connectivity index (χ3n) is 3.29. The zero-order valence-corrected chi connectivity index (χ0v) is 13.2. The second kappa shape index (κ2) is 5.82. The van der Waals surface area contributed by atoms with E-state index in [1.165, 1.54) is 0 Å². The van der Waals surface area contributed by atoms with Crippen molar-refractivity contribution in [3.63, 3.8) is 0 Å². The maximum atomic E-state index is 4.76. The monoisotopic (exact) mass is 324 g/mol. The predicted molar refractivity (Wildman–Crippen MR) is 91.9 cm³/mol. The van der Waals surface area contributed by atoms with Gasteiger partial charge in [0, 0.05) is 11.1 Å². The minimum Gasteiger partial charge on any atom is -0.259 e. The molecule has 22 heavy (non-hydrogen) atoms. The summed E-state index contributed by atoms with van der Waals surface area (Å²) < 4.78 is 1.88. The number of aromatic nitrogens is 3. The number of aliphatic imine (C=N–C) groups is 1. The van der Waals surface area contributed by atoms with Gasteiger partial charge in [-0.05, 0) is 35.0 Å². The van der Waals surface area contributed by atoms with Gasteiger partial charge < -0.3 is 0 Å². The van der Waals surface area contributed by atoms with Crippen molar-refractivity contribution in [1.82, 2.24) is 15.0 Å². The van der Waals surface area contributed by atoms with Crippen molar-refractivity contribution < 1.29 is 0 Å². The summed E-state index contributed by atoms with van der Waals surface area (Å²) in [7, 11) is 0. The van der Waals surface area contributed by atoms with Crippen molar-refractivity contribution in [2.75, 3.05) is 0 Å². The number of para-hydroxylation sites is 1. The molecule has 0 saturated heterocycles. The molecule has 0 aliphatic rings. The van der Waals surface area contributed by atoms with Crippen molar-refractivity contribution in [2.45, 2.75) is 6.17 Å². The van der Waals surface area contributed by atoms with Crippen LogP contribution in [0.15, 0.2) is 64.3 Å². The molecule has 0 fully saturated rings. The Hall–Kier alpha value is -2.31. The first-order valence-corrected chi connectivity index (χ1v) is 8.58. The first-order valence-electron chi connectivity index (χ1n) is 6.82. The Kier molecular flexibility index (Phi) is 3.54. The van der Waals surface area contributed by atoms with Crippen LogP contribution >= 0.6 is 22.7 Å². The van der Waals surface area contributed by atoms with Crippen LogP contribution in [-0.4, -0.2) is 21.2 Å². The minimum absolute atomic E-state index is 0.186. The van der Waals surface area contributed by atoms with Gasteiger partial charge in [0.15, 0.2) is 6.17 Å². The molecule has 0 bridgehead atoms. The van der Waals surface area contributed by atoms with Crippen molar-refractivity contribution >= 4 is 39.9 Å². The Balaban J connectivity index is 1.80. The van der Waals surface area contributed by atoms with Gasteiger partial charge in [0.25, 0.3) is 0 Å². The molecule has 0 radical (unpaired) electrons. The van der Waals surface area contributed by atoms with Gasteiger partial charge >= 0.3 is 0 Å². The highest BCUT2D eigenvalue weighted by Crippen LogP contribution is 2.27. The van der Waals surface area contributed by atoms with E-state index in [-0.39, 0.29) is 6.17 Å². The Bertz CT molecular complexity index is 891. The number of rotatable bonds is 4. The smallest absolute Gasteiger partial charge is 0.178 e. The molecule has 0 aliphatic carbocycles. The van der Waals surface area contributed by atoms with Crippen LogP contribution in [0.3, 0.4) is 0 Å². The van der Waals surface area contributed by atoms with E-state index >= 15 is 0 Å². The van der Waals surface area contributed by atoms with E-state index in [9.17, 15) is 0 Å². The molecule has 4 rings (SSSR count). The number of benzene rings is 1. The molecule has 1 unspecified atom stereocenters. The second-order valence-electron chi connectivity index (χ2n) is 4.71. The second-order valence-corrected chi connectivity index (χ2v) is 6.66. The summed E-state index contributed by atoms with van der Waals surface area (Å²) in [6.45, 7) is 0. The maximum absolute atomic E-state index is 4.76. The van der Waals surface area contributed by atoms with Gasteiger partial charge in [-0.1, -0.05) is 29.5 Å². The van der Waals surface area contributed by atoms with E-state index in [0.717, 1.165) is 20.8 Å². The predicted octanol–water partition coefficient (Wildman–Crippen LogP) is 4.22. The average molecular weight is 324 g/mol. The van der Waals surface area contributed by atoms with Gasteiger partial charge in [0.05, 0.1) is 10.4 Å². The molecule has 1 aromatic carbocycles. The van der Waals surface area contributed by atoms with E-state index in [0.29, 0.717) is 0 Å². The van der Waals surface area contributed by atoms with Crippen molar-refractivity contribution in [3.05, 3.63) is 69.0 Å². The van der Waals surface area contributed by atoms with E-state index in [1.54, 1.807) is 22.7 Å². The van der Waals surface area contributed by atoms with Crippen molar-refractivity contribution in [3.8, 4) is 0 Å². The van der Waals surface area contributed by atoms with Gasteiger partial charge in [-0.25, -0.2) is 4.68 Å². The van der Waals surface area contributed by atoms with Gasteiger partial charge in [0.2, 0.25) is 0 Å². The summed E-state index contributed by atoms with van der Waals surface area (Å²) in [6, 6.07) is 16.2. The Morgan fingerprint density at radius 2 is 1.86 bits per heavy atom. The summed E-state index contributed by atoms with van der Waals surface area (Å²) in [5, 5.41) is 12.7. The number of hydrogen-bond acceptors (Lipinski definition) is 5. The molecule has 108 valence electrons. The molecule has 4 aromatic rings. The topological polar surface area (TPSA) is 43.1 Å². The van der Waals surface area contributed by atoms with E-state index in [2.05, 4.69) is 27.8 Å². The normalized spacial score (nSPS) is 13.1. The lowest BCUT2D eigenvalue weighted by Gasteiger charge is -2.11. The molecule has 0 N–H and O–H groups in total. The fraction of sp³-hybridized carbons (Fsp3) is 0.0625. The molecule has 0 saturated carbocycles. The van der Waals surface area contributed by atoms with Crippen LogP contribution in [0.5, 0.6) is 0 Å². The Labute approximate surface area is 135 Å². The fourth-order valence-corrected chi connectivity index (χ4v) is 3.62. The fourth-order valence-electron chi connectivity index (χ4n) is 2.27. The quantitative estimate of drug-likeness (QED) is 0.527. The lowest BCUT2D eigenvalue weighted by molar-refractivity contribution is 0.550. The van der Waals surface area contributed by atoms with Crippen LogP contribution in [0.2, 0.25) is 0 Å². The molecular formula is C16H12N4S2. The summed E-state index contributed by atoms with van der Waals surface area (Å²) in [6.07, 6.45) is 1.72. The molecule has 3 aromatic heterocycles. The van der Waals surface area contributed by atoms with Crippen LogP contribution in [0.4, 0.5) is 0 Å². The van der Waals surface area contributed by atoms with Crippen LogP contribution in [0, 0.1) is 0 Å². The number of nitrogens with zero attached hydrogens (tertiary/aromatic N) is 4. The lowest BCUT2D eigenvalue weighted by Crippen LogP contribution is -2.09. The Morgan fingerprint density at radius 1 is 1.00 bits per heavy atom. The highest BCUT2D eigenvalue weighted by Gasteiger charge is 2.17. The summed E-state index contributed by atoms with van der Waals surface area (Å²) in [5.41, 5.74) is 1.87. The van der Waals surface area contributed by atoms with Gasteiger partial charge in [-0.15, -0.1) is 27.8 Å². The van der Waals surface area contributed by atoms with E-state index in [1.807, 2.05) is 52.7 Å². The standard InChI is InChI=1S/C16H12N4S2/c1-2-7-14-13(6-1)18-19-20(14)16(15-8-4-10-22-15)17-11-12-5-3-9-21-12/h1-11,16H. The maximum Gasteiger partial charge on any atom is 0.178 e. The zero-order chi connectivity index (χ0) is 14.8. The lowest BCUT2D eigenvalue weighted by atomic mass is 10.3. The molecule has 0 aliphatic heterocycles. The molecule has 3 heterocycles. The molecule has 1 atom stereocenters. The van der Waals surface area contributed by atoms with Crippen molar-refractivity contribution in [2.24, 2.45) is 4.99 Å². The average Bonchev–Trinajstić information content (AvgIpc) is 3.30. The molecule has 0 amide bonds. The first kappa shape index (κ1) is 13.4. The summed E-state index contributed by atoms with van der Waals surface area (Å²) in [4.78, 5) is 7.03. The van der Waals surface area contributed by atoms with Gasteiger partial charge in [-0.3, -0.25) is 4.99 Å². The van der Waals surface area contributed by atoms with E-state index < -0.39 is 0 Å². The zero-order valence-electron chi connectivity index (χ0n) is 11.5. The summed E-state index contributed by atoms with van der Waals surface area (Å²) in [5.74, 6) is 0. The summed E-state index contributed by atoms with van der Waals surface area (Å²) >= 11 is 3.35. The van der Waals surface area contributed by atoms with Gasteiger partial charge in [0.1, 0.15) is 5.52 Å². The first-order chi connectivity index (χ1) is 10.9. The van der Waals surface area contributed by atoms with E-state index in [4.69, 9.17) is 4.99 Å². The number of thiophene rings is 2. The third kappa shape index (κ3) is 2.47. The number of hydrogen-bond donors (Lipinski definition) is 0. The van der Waals surface area contributed by atoms with Gasteiger partial charge in [-0.2, -0.15) is 0 Å². The highest BCUT2D eigenvalue weighted by molar-refractivity contribution is 7.11. The number of fused-ring (bicyclic) bond motifs is 1. The SMILES string of the molecule is C(=NC(c1cccs1)n1nnc2ccccc21)c1cccs1. The highest BCUT2D eigenvalue weighted by atomic mass is 32.1. The van der Waals surface area contributed by atoms with Crippen LogP contribution < -0.4 is 0 Å². The van der Waals surface area contributed by atoms with Crippen LogP contribution in [0.25, 0.3) is 11.0 Å². The minimum atomic E-state index is -0.186. The molecule has 6 heteroatoms. The Morgan fingerprint density at radius 3 is 2.68 bits per heavy atom. The third-order valence-corrected chi connectivity index (χ3v) is 5.01. The molecular weight excluding hydrogens is 312 g/mol. The van der Waals surface area contributed by atoms with Crippen LogP contribution in [0.1, 0.15) is 15.9 Å². The largest absolute Gasteiger partial charge is 0.259 e. The van der Waals surface area contributed by atoms with Crippen molar-refractivity contribution in [1.29, 1.82) is 0 Å². The molecule has 4 nitrogen and oxygen atoms in total.